The Balaban J connectivity index is 1.55. The van der Waals surface area contributed by atoms with Crippen LogP contribution in [0.2, 0.25) is 0 Å². The van der Waals surface area contributed by atoms with Gasteiger partial charge in [-0.05, 0) is 12.1 Å². The predicted molar refractivity (Wildman–Crippen MR) is 87.6 cm³/mol. The van der Waals surface area contributed by atoms with Crippen molar-refractivity contribution in [3.05, 3.63) is 74.7 Å². The van der Waals surface area contributed by atoms with Crippen molar-refractivity contribution in [2.45, 2.75) is 19.6 Å². The standard InChI is InChI=1S/C17H13F2N3O5/c18-10-1-2-12(13(19)7-10)14-8-11(21-27-14)9-26-16(24)4-6-22-5-3-15(23)20-17(22)25/h1-3,5,7-8H,4,6,9H2,(H,20,23,25). The topological polar surface area (TPSA) is 107 Å². The summed E-state index contributed by atoms with van der Waals surface area (Å²) in [5, 5.41) is 3.66. The smallest absolute Gasteiger partial charge is 0.328 e. The molecule has 0 atom stereocenters. The van der Waals surface area contributed by atoms with Crippen LogP contribution in [0.3, 0.4) is 0 Å². The fraction of sp³-hybridized carbons (Fsp3) is 0.176. The van der Waals surface area contributed by atoms with Crippen LogP contribution in [-0.4, -0.2) is 20.7 Å². The molecule has 140 valence electrons. The summed E-state index contributed by atoms with van der Waals surface area (Å²) in [5.74, 6) is -2.06. The lowest BCUT2D eigenvalue weighted by atomic mass is 10.1. The second-order valence-electron chi connectivity index (χ2n) is 5.52. The van der Waals surface area contributed by atoms with Crippen LogP contribution in [0.1, 0.15) is 12.1 Å². The Hall–Kier alpha value is -3.56. The van der Waals surface area contributed by atoms with Crippen LogP contribution in [0, 0.1) is 11.6 Å². The van der Waals surface area contributed by atoms with Crippen molar-refractivity contribution in [1.82, 2.24) is 14.7 Å². The maximum atomic E-state index is 13.7. The van der Waals surface area contributed by atoms with E-state index in [9.17, 15) is 23.2 Å². The molecule has 8 nitrogen and oxygen atoms in total. The molecule has 0 unspecified atom stereocenters. The molecule has 2 heterocycles. The van der Waals surface area contributed by atoms with Crippen LogP contribution in [0.25, 0.3) is 11.3 Å². The zero-order valence-electron chi connectivity index (χ0n) is 13.8. The third-order valence-corrected chi connectivity index (χ3v) is 3.59. The number of hydrogen-bond donors (Lipinski definition) is 1. The van der Waals surface area contributed by atoms with Crippen LogP contribution in [-0.2, 0) is 22.7 Å². The van der Waals surface area contributed by atoms with Gasteiger partial charge in [-0.15, -0.1) is 0 Å². The van der Waals surface area contributed by atoms with E-state index in [1.807, 2.05) is 0 Å². The van der Waals surface area contributed by atoms with Gasteiger partial charge in [0.25, 0.3) is 5.56 Å². The molecule has 1 N–H and O–H groups in total. The Kier molecular flexibility index (Phi) is 5.25. The number of hydrogen-bond acceptors (Lipinski definition) is 6. The molecule has 0 fully saturated rings. The maximum absolute atomic E-state index is 13.7. The number of nitrogens with zero attached hydrogens (tertiary/aromatic N) is 2. The summed E-state index contributed by atoms with van der Waals surface area (Å²) in [7, 11) is 0. The van der Waals surface area contributed by atoms with Crippen molar-refractivity contribution < 1.29 is 22.8 Å². The van der Waals surface area contributed by atoms with Crippen LogP contribution in [0.5, 0.6) is 0 Å². The van der Waals surface area contributed by atoms with Gasteiger partial charge in [0, 0.05) is 30.9 Å². The van der Waals surface area contributed by atoms with Crippen molar-refractivity contribution in [1.29, 1.82) is 0 Å². The molecule has 27 heavy (non-hydrogen) atoms. The monoisotopic (exact) mass is 377 g/mol. The first-order chi connectivity index (χ1) is 12.9. The Labute approximate surface area is 150 Å². The summed E-state index contributed by atoms with van der Waals surface area (Å²) in [6.07, 6.45) is 1.17. The molecule has 3 rings (SSSR count). The minimum absolute atomic E-state index is 0.0268. The van der Waals surface area contributed by atoms with Gasteiger partial charge in [0.15, 0.2) is 5.76 Å². The molecule has 0 spiro atoms. The van der Waals surface area contributed by atoms with Crippen molar-refractivity contribution >= 4 is 5.97 Å². The Bertz CT molecular complexity index is 1090. The highest BCUT2D eigenvalue weighted by Crippen LogP contribution is 2.24. The summed E-state index contributed by atoms with van der Waals surface area (Å²) in [5.41, 5.74) is -0.891. The van der Waals surface area contributed by atoms with Gasteiger partial charge in [-0.2, -0.15) is 0 Å². The van der Waals surface area contributed by atoms with E-state index in [2.05, 4.69) is 10.1 Å². The first kappa shape index (κ1) is 18.2. The van der Waals surface area contributed by atoms with Gasteiger partial charge in [-0.1, -0.05) is 5.16 Å². The van der Waals surface area contributed by atoms with Gasteiger partial charge >= 0.3 is 11.7 Å². The molecule has 0 saturated carbocycles. The van der Waals surface area contributed by atoms with Crippen molar-refractivity contribution in [3.8, 4) is 11.3 Å². The summed E-state index contributed by atoms with van der Waals surface area (Å²) in [4.78, 5) is 36.3. The second kappa shape index (κ2) is 7.77. The van der Waals surface area contributed by atoms with E-state index in [1.165, 1.54) is 18.3 Å². The number of H-pyrrole nitrogens is 1. The van der Waals surface area contributed by atoms with E-state index in [-0.39, 0.29) is 36.6 Å². The molecule has 1 aromatic carbocycles. The number of benzene rings is 1. The third-order valence-electron chi connectivity index (χ3n) is 3.59. The predicted octanol–water partition coefficient (Wildman–Crippen LogP) is 1.60. The largest absolute Gasteiger partial charge is 0.459 e. The zero-order valence-corrected chi connectivity index (χ0v) is 13.8. The maximum Gasteiger partial charge on any atom is 0.328 e. The lowest BCUT2D eigenvalue weighted by Crippen LogP contribution is -2.29. The Morgan fingerprint density at radius 1 is 1.22 bits per heavy atom. The number of aromatic amines is 1. The average molecular weight is 377 g/mol. The van der Waals surface area contributed by atoms with Gasteiger partial charge in [0.05, 0.1) is 12.0 Å². The highest BCUT2D eigenvalue weighted by atomic mass is 19.1. The summed E-state index contributed by atoms with van der Waals surface area (Å²) >= 11 is 0. The number of carbonyl (C=O) groups excluding carboxylic acids is 1. The minimum atomic E-state index is -0.805. The van der Waals surface area contributed by atoms with Gasteiger partial charge in [-0.25, -0.2) is 13.6 Å². The number of carbonyl (C=O) groups is 1. The van der Waals surface area contributed by atoms with E-state index in [4.69, 9.17) is 9.26 Å². The third kappa shape index (κ3) is 4.54. The summed E-state index contributed by atoms with van der Waals surface area (Å²) in [6.45, 7) is -0.190. The molecule has 3 aromatic rings. The van der Waals surface area contributed by atoms with Crippen molar-refractivity contribution in [3.63, 3.8) is 0 Å². The molecule has 2 aromatic heterocycles. The molecular formula is C17H13F2N3O5. The van der Waals surface area contributed by atoms with Gasteiger partial charge in [0.1, 0.15) is 23.9 Å². The van der Waals surface area contributed by atoms with Crippen LogP contribution in [0.15, 0.2) is 50.6 Å². The van der Waals surface area contributed by atoms with Gasteiger partial charge < -0.3 is 13.8 Å². The molecule has 0 radical (unpaired) electrons. The van der Waals surface area contributed by atoms with E-state index in [0.29, 0.717) is 0 Å². The summed E-state index contributed by atoms with van der Waals surface area (Å²) < 4.78 is 37.8. The lowest BCUT2D eigenvalue weighted by Gasteiger charge is -2.04. The first-order valence-corrected chi connectivity index (χ1v) is 7.79. The zero-order chi connectivity index (χ0) is 19.4. The normalized spacial score (nSPS) is 10.7. The lowest BCUT2D eigenvalue weighted by molar-refractivity contribution is -0.145. The fourth-order valence-electron chi connectivity index (χ4n) is 2.25. The molecule has 0 bridgehead atoms. The SMILES string of the molecule is O=C(CCn1ccc(=O)[nH]c1=O)OCc1cc(-c2ccc(F)cc2F)on1. The van der Waals surface area contributed by atoms with Crippen LogP contribution < -0.4 is 11.2 Å². The number of halogens is 2. The quantitative estimate of drug-likeness (QED) is 0.654. The molecular weight excluding hydrogens is 364 g/mol. The highest BCUT2D eigenvalue weighted by Gasteiger charge is 2.13. The van der Waals surface area contributed by atoms with Crippen molar-refractivity contribution in [2.75, 3.05) is 0 Å². The van der Waals surface area contributed by atoms with Gasteiger partial charge in [-0.3, -0.25) is 14.6 Å². The van der Waals surface area contributed by atoms with Crippen molar-refractivity contribution in [2.24, 2.45) is 0 Å². The molecule has 0 aliphatic heterocycles. The van der Waals surface area contributed by atoms with E-state index >= 15 is 0 Å². The van der Waals surface area contributed by atoms with Crippen LogP contribution in [0.4, 0.5) is 8.78 Å². The Morgan fingerprint density at radius 3 is 2.78 bits per heavy atom. The first-order valence-electron chi connectivity index (χ1n) is 7.79. The number of ether oxygens (including phenoxy) is 1. The number of rotatable bonds is 6. The Morgan fingerprint density at radius 2 is 2.04 bits per heavy atom. The number of aromatic nitrogens is 3. The number of nitrogens with one attached hydrogen (secondary N) is 1. The minimum Gasteiger partial charge on any atom is -0.459 e. The molecule has 0 saturated heterocycles. The number of esters is 1. The highest BCUT2D eigenvalue weighted by molar-refractivity contribution is 5.69. The molecule has 0 aliphatic rings. The summed E-state index contributed by atoms with van der Waals surface area (Å²) in [6, 6.07) is 5.55. The molecule has 0 amide bonds. The second-order valence-corrected chi connectivity index (χ2v) is 5.52. The van der Waals surface area contributed by atoms with E-state index in [1.54, 1.807) is 0 Å². The molecule has 10 heteroatoms. The van der Waals surface area contributed by atoms with E-state index < -0.39 is 28.9 Å². The fourth-order valence-corrected chi connectivity index (χ4v) is 2.25. The van der Waals surface area contributed by atoms with Crippen LogP contribution >= 0.6 is 0 Å². The van der Waals surface area contributed by atoms with E-state index in [0.717, 1.165) is 22.8 Å². The average Bonchev–Trinajstić information content (AvgIpc) is 3.08. The molecule has 0 aliphatic carbocycles. The van der Waals surface area contributed by atoms with Gasteiger partial charge in [0.2, 0.25) is 0 Å². The number of aryl methyl sites for hydroxylation is 1.